The van der Waals surface area contributed by atoms with Crippen molar-refractivity contribution in [2.75, 3.05) is 24.6 Å². The van der Waals surface area contributed by atoms with Gasteiger partial charge in [-0.25, -0.2) is 14.4 Å². The van der Waals surface area contributed by atoms with Gasteiger partial charge in [0.25, 0.3) is 0 Å². The number of aromatic nitrogens is 4. The highest BCUT2D eigenvalue weighted by atomic mass is 127. The van der Waals surface area contributed by atoms with Crippen molar-refractivity contribution in [3.63, 3.8) is 0 Å². The van der Waals surface area contributed by atoms with Gasteiger partial charge in [-0.05, 0) is 71.1 Å². The van der Waals surface area contributed by atoms with Crippen LogP contribution in [0.5, 0.6) is 0 Å². The molecule has 0 spiro atoms. The summed E-state index contributed by atoms with van der Waals surface area (Å²) in [6.45, 7) is 7.94. The Hall–Kier alpha value is -3.52. The number of nitrogens with zero attached hydrogens (tertiary/aromatic N) is 6. The number of aliphatic hydroxyl groups excluding tert-OH is 1. The van der Waals surface area contributed by atoms with Crippen molar-refractivity contribution in [2.45, 2.75) is 45.7 Å². The molecule has 0 amide bonds. The van der Waals surface area contributed by atoms with Gasteiger partial charge in [0, 0.05) is 31.1 Å². The zero-order chi connectivity index (χ0) is 32.2. The highest BCUT2D eigenvalue weighted by Crippen LogP contribution is 2.41. The Kier molecular flexibility index (Phi) is 8.63. The number of piperazine rings is 1. The first kappa shape index (κ1) is 31.5. The second-order valence-corrected chi connectivity index (χ2v) is 13.7. The Bertz CT molecular complexity index is 2030. The first-order chi connectivity index (χ1) is 21.6. The minimum atomic E-state index is -0.881. The molecule has 2 aromatic carbocycles. The topological polar surface area (TPSA) is 131 Å². The molecule has 1 fully saturated rings. The van der Waals surface area contributed by atoms with Crippen LogP contribution in [0.15, 0.2) is 53.6 Å². The maximum Gasteiger partial charge on any atom is 0.358 e. The van der Waals surface area contributed by atoms with Gasteiger partial charge >= 0.3 is 11.2 Å². The van der Waals surface area contributed by atoms with E-state index in [1.807, 2.05) is 56.3 Å². The van der Waals surface area contributed by atoms with Gasteiger partial charge in [-0.2, -0.15) is 0 Å². The van der Waals surface area contributed by atoms with E-state index in [-0.39, 0.29) is 47.5 Å². The third-order valence-electron chi connectivity index (χ3n) is 8.40. The van der Waals surface area contributed by atoms with Crippen LogP contribution in [-0.2, 0) is 0 Å². The van der Waals surface area contributed by atoms with Gasteiger partial charge in [-0.3, -0.25) is 19.5 Å². The minimum Gasteiger partial charge on any atom is -0.394 e. The van der Waals surface area contributed by atoms with Crippen molar-refractivity contribution in [1.29, 1.82) is 0 Å². The van der Waals surface area contributed by atoms with Gasteiger partial charge in [0.2, 0.25) is 0 Å². The standard InChI is InChI=1S/C31H32FIN7O4P/c1-16(2)20-7-5-6-8-23(20)39-30-21(28(29(31(39)42)40(43)44)37-13-18(4)34-12-19(37)14-41)11-22(32)26(36-30)25-17(3)9-10-24-27(25)35-15-38(24)45-33/h5-11,15-16,18-19,34,41,45H,12-14H2,1-4H3/t18-,19-/m1/s1. The summed E-state index contributed by atoms with van der Waals surface area (Å²) in [5.74, 6) is -0.741. The van der Waals surface area contributed by atoms with Crippen LogP contribution in [0, 0.1) is 22.9 Å². The van der Waals surface area contributed by atoms with Gasteiger partial charge in [-0.15, -0.1) is 0 Å². The molecule has 45 heavy (non-hydrogen) atoms. The van der Waals surface area contributed by atoms with Crippen molar-refractivity contribution in [3.8, 4) is 16.9 Å². The maximum absolute atomic E-state index is 16.5. The summed E-state index contributed by atoms with van der Waals surface area (Å²) in [5, 5.41) is 26.4. The molecule has 3 atom stereocenters. The molecule has 2 N–H and O–H groups in total. The predicted octanol–water partition coefficient (Wildman–Crippen LogP) is 5.83. The van der Waals surface area contributed by atoms with E-state index < -0.39 is 28.0 Å². The summed E-state index contributed by atoms with van der Waals surface area (Å²) in [6.07, 6.45) is 2.08. The summed E-state index contributed by atoms with van der Waals surface area (Å²) in [6, 6.07) is 11.5. The normalized spacial score (nSPS) is 17.4. The Morgan fingerprint density at radius 3 is 2.71 bits per heavy atom. The third kappa shape index (κ3) is 5.29. The number of nitrogens with one attached hydrogen (secondary N) is 1. The second kappa shape index (κ2) is 12.3. The molecule has 0 saturated carbocycles. The van der Waals surface area contributed by atoms with E-state index in [9.17, 15) is 20.0 Å². The van der Waals surface area contributed by atoms with Gasteiger partial charge in [0.05, 0.1) is 46.0 Å². The molecule has 1 unspecified atom stereocenters. The lowest BCUT2D eigenvalue weighted by atomic mass is 9.99. The van der Waals surface area contributed by atoms with Crippen LogP contribution >= 0.6 is 28.4 Å². The zero-order valence-corrected chi connectivity index (χ0v) is 28.2. The molecule has 1 aliphatic heterocycles. The molecule has 3 aromatic heterocycles. The van der Waals surface area contributed by atoms with E-state index >= 15 is 4.39 Å². The Labute approximate surface area is 273 Å². The number of halogens is 2. The lowest BCUT2D eigenvalue weighted by molar-refractivity contribution is -0.385. The first-order valence-electron chi connectivity index (χ1n) is 14.5. The summed E-state index contributed by atoms with van der Waals surface area (Å²) < 4.78 is 19.8. The summed E-state index contributed by atoms with van der Waals surface area (Å²) in [7, 11) is 0. The smallest absolute Gasteiger partial charge is 0.358 e. The predicted molar refractivity (Wildman–Crippen MR) is 185 cm³/mol. The van der Waals surface area contributed by atoms with Crippen molar-refractivity contribution < 1.29 is 14.4 Å². The van der Waals surface area contributed by atoms with Gasteiger partial charge in [0.1, 0.15) is 17.2 Å². The number of hydrogen-bond acceptors (Lipinski definition) is 8. The van der Waals surface area contributed by atoms with Gasteiger partial charge < -0.3 is 19.7 Å². The van der Waals surface area contributed by atoms with E-state index in [0.717, 1.165) is 16.6 Å². The van der Waals surface area contributed by atoms with Crippen molar-refractivity contribution in [2.24, 2.45) is 0 Å². The van der Waals surface area contributed by atoms with E-state index in [1.165, 1.54) is 10.6 Å². The number of fused-ring (bicyclic) bond motifs is 2. The number of aryl methyl sites for hydroxylation is 1. The average Bonchev–Trinajstić information content (AvgIpc) is 3.43. The molecule has 14 heteroatoms. The SMILES string of the molecule is Cc1ccc2c(ncn2PI)c1-c1nc2c(cc1F)c(N1C[C@@H](C)NC[C@@H]1CO)c([N+](=O)[O-])c(=O)n2-c1ccccc1C(C)C. The van der Waals surface area contributed by atoms with Crippen LogP contribution in [0.3, 0.4) is 0 Å². The van der Waals surface area contributed by atoms with E-state index in [0.29, 0.717) is 29.7 Å². The number of aliphatic hydroxyl groups is 1. The molecular formula is C31H32FIN7O4P. The first-order valence-corrected chi connectivity index (χ1v) is 18.6. The molecule has 0 bridgehead atoms. The fourth-order valence-corrected chi connectivity index (χ4v) is 7.76. The highest BCUT2D eigenvalue weighted by molar-refractivity contribution is 14.2. The molecule has 234 valence electrons. The third-order valence-corrected chi connectivity index (χ3v) is 10.5. The summed E-state index contributed by atoms with van der Waals surface area (Å²) in [5.41, 5.74) is 2.28. The van der Waals surface area contributed by atoms with Gasteiger partial charge in [0.15, 0.2) is 5.65 Å². The highest BCUT2D eigenvalue weighted by Gasteiger charge is 2.37. The largest absolute Gasteiger partial charge is 0.394 e. The lowest BCUT2D eigenvalue weighted by Gasteiger charge is -2.40. The number of nitro groups is 1. The molecule has 6 rings (SSSR count). The van der Waals surface area contributed by atoms with Crippen LogP contribution < -0.4 is 15.8 Å². The van der Waals surface area contributed by atoms with Crippen LogP contribution in [0.2, 0.25) is 0 Å². The number of rotatable bonds is 7. The molecule has 0 aliphatic carbocycles. The zero-order valence-electron chi connectivity index (χ0n) is 25.1. The maximum atomic E-state index is 16.5. The Morgan fingerprint density at radius 2 is 2.02 bits per heavy atom. The Balaban J connectivity index is 1.80. The fourth-order valence-electron chi connectivity index (χ4n) is 6.23. The molecule has 11 nitrogen and oxygen atoms in total. The number of anilines is 1. The summed E-state index contributed by atoms with van der Waals surface area (Å²) >= 11 is 2.25. The van der Waals surface area contributed by atoms with Crippen LogP contribution in [-0.4, -0.2) is 60.7 Å². The average molecular weight is 744 g/mol. The van der Waals surface area contributed by atoms with E-state index in [2.05, 4.69) is 32.3 Å². The molecular weight excluding hydrogens is 711 g/mol. The Morgan fingerprint density at radius 1 is 1.27 bits per heavy atom. The molecule has 1 aliphatic rings. The quantitative estimate of drug-likeness (QED) is 0.0922. The molecule has 1 saturated heterocycles. The number of imidazole rings is 1. The molecule has 5 aromatic rings. The van der Waals surface area contributed by atoms with Gasteiger partial charge in [-0.1, -0.05) is 38.1 Å². The van der Waals surface area contributed by atoms with Crippen LogP contribution in [0.4, 0.5) is 15.8 Å². The minimum absolute atomic E-state index is 0.00462. The van der Waals surface area contributed by atoms with Crippen molar-refractivity contribution in [1.82, 2.24) is 24.2 Å². The van der Waals surface area contributed by atoms with E-state index in [1.54, 1.807) is 23.4 Å². The second-order valence-electron chi connectivity index (χ2n) is 11.6. The molecule has 0 radical (unpaired) electrons. The van der Waals surface area contributed by atoms with Crippen LogP contribution in [0.25, 0.3) is 39.0 Å². The van der Waals surface area contributed by atoms with Crippen molar-refractivity contribution >= 4 is 61.9 Å². The summed E-state index contributed by atoms with van der Waals surface area (Å²) in [4.78, 5) is 37.6. The number of benzene rings is 2. The van der Waals surface area contributed by atoms with E-state index in [4.69, 9.17) is 4.98 Å². The lowest BCUT2D eigenvalue weighted by Crippen LogP contribution is -2.57. The number of pyridine rings is 2. The fraction of sp³-hybridized carbons (Fsp3) is 0.323. The molecule has 4 heterocycles. The van der Waals surface area contributed by atoms with Crippen LogP contribution in [0.1, 0.15) is 37.8 Å². The monoisotopic (exact) mass is 743 g/mol. The number of para-hydroxylation sites is 1. The number of hydrogen-bond donors (Lipinski definition) is 2. The van der Waals surface area contributed by atoms with Crippen molar-refractivity contribution in [3.05, 3.63) is 86.2 Å².